The molecule has 0 spiro atoms. The lowest BCUT2D eigenvalue weighted by molar-refractivity contribution is 0.628. The number of hydrogen-bond acceptors (Lipinski definition) is 5. The zero-order valence-electron chi connectivity index (χ0n) is 10.3. The summed E-state index contributed by atoms with van der Waals surface area (Å²) in [5.74, 6) is 0.259. The van der Waals surface area contributed by atoms with Gasteiger partial charge in [-0.15, -0.1) is 10.2 Å². The fourth-order valence-electron chi connectivity index (χ4n) is 1.70. The van der Waals surface area contributed by atoms with Crippen LogP contribution in [-0.2, 0) is 0 Å². The summed E-state index contributed by atoms with van der Waals surface area (Å²) in [5.41, 5.74) is 1.30. The number of aryl methyl sites for hydroxylation is 1. The molecule has 0 aliphatic carbocycles. The number of hydrogen-bond donors (Lipinski definition) is 0. The summed E-state index contributed by atoms with van der Waals surface area (Å²) in [5, 5.41) is 9.72. The summed E-state index contributed by atoms with van der Waals surface area (Å²) in [6.07, 6.45) is 1.66. The van der Waals surface area contributed by atoms with Gasteiger partial charge in [-0.25, -0.2) is 14.4 Å². The molecule has 0 saturated heterocycles. The average Bonchev–Trinajstić information content (AvgIpc) is 2.87. The minimum atomic E-state index is -0.401. The Balaban J connectivity index is 2.02. The first-order valence-corrected chi connectivity index (χ1v) is 6.91. The number of benzene rings is 1. The Bertz CT molecular complexity index is 754. The second kappa shape index (κ2) is 5.22. The molecule has 4 nitrogen and oxygen atoms in total. The molecule has 0 aliphatic heterocycles. The van der Waals surface area contributed by atoms with Crippen LogP contribution in [-0.4, -0.2) is 20.2 Å². The summed E-state index contributed by atoms with van der Waals surface area (Å²) < 4.78 is 13.3. The quantitative estimate of drug-likeness (QED) is 0.723. The van der Waals surface area contributed by atoms with E-state index >= 15 is 0 Å². The van der Waals surface area contributed by atoms with Crippen molar-refractivity contribution >= 4 is 22.9 Å². The number of rotatable bonds is 2. The van der Waals surface area contributed by atoms with Crippen molar-refractivity contribution in [2.24, 2.45) is 0 Å². The van der Waals surface area contributed by atoms with Crippen LogP contribution in [0.4, 0.5) is 4.39 Å². The maximum absolute atomic E-state index is 13.3. The molecule has 0 bridgehead atoms. The maximum atomic E-state index is 13.3. The van der Waals surface area contributed by atoms with Crippen molar-refractivity contribution in [1.29, 1.82) is 0 Å². The van der Waals surface area contributed by atoms with Gasteiger partial charge in [-0.1, -0.05) is 22.9 Å². The van der Waals surface area contributed by atoms with Gasteiger partial charge in [0.25, 0.3) is 0 Å². The van der Waals surface area contributed by atoms with Crippen LogP contribution in [0.3, 0.4) is 0 Å². The van der Waals surface area contributed by atoms with E-state index in [0.29, 0.717) is 32.1 Å². The van der Waals surface area contributed by atoms with E-state index in [2.05, 4.69) is 20.2 Å². The van der Waals surface area contributed by atoms with Crippen molar-refractivity contribution in [3.05, 3.63) is 47.1 Å². The Morgan fingerprint density at radius 1 is 1.15 bits per heavy atom. The van der Waals surface area contributed by atoms with Gasteiger partial charge < -0.3 is 0 Å². The van der Waals surface area contributed by atoms with Gasteiger partial charge in [-0.2, -0.15) is 0 Å². The maximum Gasteiger partial charge on any atom is 0.166 e. The van der Waals surface area contributed by atoms with Crippen LogP contribution in [0.5, 0.6) is 0 Å². The van der Waals surface area contributed by atoms with Crippen LogP contribution in [0.1, 0.15) is 5.82 Å². The van der Waals surface area contributed by atoms with Crippen LogP contribution in [0, 0.1) is 12.7 Å². The van der Waals surface area contributed by atoms with Crippen molar-refractivity contribution in [3.8, 4) is 21.3 Å². The molecule has 0 fully saturated rings. The minimum absolute atomic E-state index is 0.328. The Hall–Kier alpha value is -1.92. The first-order chi connectivity index (χ1) is 9.61. The first kappa shape index (κ1) is 13.1. The third-order valence-corrected chi connectivity index (χ3v) is 3.74. The van der Waals surface area contributed by atoms with E-state index in [0.717, 1.165) is 0 Å². The van der Waals surface area contributed by atoms with Crippen molar-refractivity contribution in [3.63, 3.8) is 0 Å². The van der Waals surface area contributed by atoms with Crippen LogP contribution < -0.4 is 0 Å². The number of halogens is 2. The van der Waals surface area contributed by atoms with Gasteiger partial charge in [-0.05, 0) is 31.2 Å². The zero-order valence-corrected chi connectivity index (χ0v) is 11.9. The molecule has 1 aromatic carbocycles. The molecular formula is C13H8ClFN4S. The standard InChI is InChI=1S/C13H8ClFN4S/c1-7-16-3-2-11(17-7)13-19-18-12(20-13)8-4-9(14)6-10(15)5-8/h2-6H,1H3. The third kappa shape index (κ3) is 2.66. The lowest BCUT2D eigenvalue weighted by atomic mass is 10.2. The highest BCUT2D eigenvalue weighted by Gasteiger charge is 2.11. The summed E-state index contributed by atoms with van der Waals surface area (Å²) >= 11 is 7.17. The molecule has 3 aromatic rings. The van der Waals surface area contributed by atoms with E-state index in [-0.39, 0.29) is 0 Å². The molecule has 0 aliphatic rings. The number of aromatic nitrogens is 4. The molecule has 0 atom stereocenters. The Labute approximate surface area is 123 Å². The summed E-state index contributed by atoms with van der Waals surface area (Å²) in [7, 11) is 0. The molecule has 0 unspecified atom stereocenters. The fourth-order valence-corrected chi connectivity index (χ4v) is 2.72. The van der Waals surface area contributed by atoms with Gasteiger partial charge in [0.2, 0.25) is 0 Å². The highest BCUT2D eigenvalue weighted by Crippen LogP contribution is 2.30. The zero-order chi connectivity index (χ0) is 14.1. The van der Waals surface area contributed by atoms with Crippen LogP contribution in [0.15, 0.2) is 30.5 Å². The van der Waals surface area contributed by atoms with Crippen molar-refractivity contribution in [1.82, 2.24) is 20.2 Å². The smallest absolute Gasteiger partial charge is 0.166 e. The largest absolute Gasteiger partial charge is 0.242 e. The van der Waals surface area contributed by atoms with Crippen LogP contribution >= 0.6 is 22.9 Å². The van der Waals surface area contributed by atoms with E-state index in [1.165, 1.54) is 23.5 Å². The van der Waals surface area contributed by atoms with Gasteiger partial charge in [0.05, 0.1) is 0 Å². The van der Waals surface area contributed by atoms with E-state index in [1.54, 1.807) is 25.3 Å². The average molecular weight is 307 g/mol. The Kier molecular flexibility index (Phi) is 3.42. The van der Waals surface area contributed by atoms with Crippen molar-refractivity contribution < 1.29 is 4.39 Å². The highest BCUT2D eigenvalue weighted by molar-refractivity contribution is 7.17. The van der Waals surface area contributed by atoms with Crippen molar-refractivity contribution in [2.45, 2.75) is 6.92 Å². The van der Waals surface area contributed by atoms with E-state index in [4.69, 9.17) is 11.6 Å². The monoisotopic (exact) mass is 306 g/mol. The molecule has 0 radical (unpaired) electrons. The molecule has 7 heteroatoms. The molecular weight excluding hydrogens is 299 g/mol. The lowest BCUT2D eigenvalue weighted by Gasteiger charge is -1.97. The predicted molar refractivity (Wildman–Crippen MR) is 76.1 cm³/mol. The van der Waals surface area contributed by atoms with Gasteiger partial charge in [-0.3, -0.25) is 0 Å². The highest BCUT2D eigenvalue weighted by atomic mass is 35.5. The molecule has 20 heavy (non-hydrogen) atoms. The molecule has 100 valence electrons. The molecule has 3 rings (SSSR count). The second-order valence-electron chi connectivity index (χ2n) is 4.06. The Morgan fingerprint density at radius 2 is 1.95 bits per heavy atom. The summed E-state index contributed by atoms with van der Waals surface area (Å²) in [4.78, 5) is 8.31. The van der Waals surface area contributed by atoms with Gasteiger partial charge in [0.15, 0.2) is 5.01 Å². The van der Waals surface area contributed by atoms with E-state index in [9.17, 15) is 4.39 Å². The summed E-state index contributed by atoms with van der Waals surface area (Å²) in [6, 6.07) is 6.04. The Morgan fingerprint density at radius 3 is 2.70 bits per heavy atom. The molecule has 0 amide bonds. The van der Waals surface area contributed by atoms with Crippen molar-refractivity contribution in [2.75, 3.05) is 0 Å². The van der Waals surface area contributed by atoms with Gasteiger partial charge in [0.1, 0.15) is 22.3 Å². The molecule has 2 aromatic heterocycles. The molecule has 0 N–H and O–H groups in total. The van der Waals surface area contributed by atoms with E-state index < -0.39 is 5.82 Å². The first-order valence-electron chi connectivity index (χ1n) is 5.72. The third-order valence-electron chi connectivity index (χ3n) is 2.53. The van der Waals surface area contributed by atoms with Crippen LogP contribution in [0.25, 0.3) is 21.3 Å². The fraction of sp³-hybridized carbons (Fsp3) is 0.0769. The predicted octanol–water partition coefficient (Wildman–Crippen LogP) is 3.76. The lowest BCUT2D eigenvalue weighted by Crippen LogP contribution is -1.88. The second-order valence-corrected chi connectivity index (χ2v) is 5.47. The summed E-state index contributed by atoms with van der Waals surface area (Å²) in [6.45, 7) is 1.80. The molecule has 2 heterocycles. The topological polar surface area (TPSA) is 51.6 Å². The minimum Gasteiger partial charge on any atom is -0.242 e. The van der Waals surface area contributed by atoms with E-state index in [1.807, 2.05) is 0 Å². The molecule has 0 saturated carbocycles. The van der Waals surface area contributed by atoms with Crippen LogP contribution in [0.2, 0.25) is 5.02 Å². The normalized spacial score (nSPS) is 10.8. The SMILES string of the molecule is Cc1nccc(-c2nnc(-c3cc(F)cc(Cl)c3)s2)n1. The van der Waals surface area contributed by atoms with Gasteiger partial charge in [0, 0.05) is 16.8 Å². The number of nitrogens with zero attached hydrogens (tertiary/aromatic N) is 4. The van der Waals surface area contributed by atoms with Gasteiger partial charge >= 0.3 is 0 Å².